The van der Waals surface area contributed by atoms with Gasteiger partial charge in [0.2, 0.25) is 0 Å². The Morgan fingerprint density at radius 2 is 2.04 bits per heavy atom. The average Bonchev–Trinajstić information content (AvgIpc) is 2.93. The summed E-state index contributed by atoms with van der Waals surface area (Å²) in [5.41, 5.74) is 1.73. The molecule has 2 unspecified atom stereocenters. The van der Waals surface area contributed by atoms with Crippen LogP contribution in [0.1, 0.15) is 39.2 Å². The van der Waals surface area contributed by atoms with Crippen LogP contribution in [-0.4, -0.2) is 29.7 Å². The van der Waals surface area contributed by atoms with Crippen molar-refractivity contribution >= 4 is 29.3 Å². The lowest BCUT2D eigenvalue weighted by molar-refractivity contribution is 0.0279. The zero-order valence-corrected chi connectivity index (χ0v) is 15.9. The highest BCUT2D eigenvalue weighted by Gasteiger charge is 2.53. The van der Waals surface area contributed by atoms with Crippen LogP contribution in [0.4, 0.5) is 4.79 Å². The summed E-state index contributed by atoms with van der Waals surface area (Å²) in [6.07, 6.45) is 1.55. The van der Waals surface area contributed by atoms with E-state index in [0.29, 0.717) is 29.1 Å². The number of carbonyl (C=O) groups is 1. The van der Waals surface area contributed by atoms with Gasteiger partial charge >= 0.3 is 6.09 Å². The molecule has 1 amide bonds. The van der Waals surface area contributed by atoms with Gasteiger partial charge in [-0.2, -0.15) is 0 Å². The third-order valence-electron chi connectivity index (χ3n) is 4.94. The molecule has 1 heterocycles. The molecule has 1 aromatic rings. The number of fused-ring (bicyclic) bond motifs is 1. The molecule has 2 fully saturated rings. The molecule has 1 aliphatic carbocycles. The fourth-order valence-corrected chi connectivity index (χ4v) is 4.30. The van der Waals surface area contributed by atoms with Crippen LogP contribution in [0.15, 0.2) is 30.4 Å². The maximum atomic E-state index is 12.5. The molecule has 2 atom stereocenters. The van der Waals surface area contributed by atoms with E-state index in [1.54, 1.807) is 0 Å². The molecule has 24 heavy (non-hydrogen) atoms. The van der Waals surface area contributed by atoms with Crippen LogP contribution in [0, 0.1) is 5.92 Å². The maximum absolute atomic E-state index is 12.5. The summed E-state index contributed by atoms with van der Waals surface area (Å²) in [5, 5.41) is 1.10. The summed E-state index contributed by atoms with van der Waals surface area (Å²) in [6.45, 7) is 11.2. The highest BCUT2D eigenvalue weighted by molar-refractivity contribution is 6.42. The van der Waals surface area contributed by atoms with Gasteiger partial charge in [0.15, 0.2) is 0 Å². The van der Waals surface area contributed by atoms with Crippen LogP contribution in [0.3, 0.4) is 0 Å². The van der Waals surface area contributed by atoms with E-state index in [1.165, 1.54) is 5.57 Å². The molecular weight excluding hydrogens is 345 g/mol. The Labute approximate surface area is 153 Å². The minimum absolute atomic E-state index is 0.137. The molecule has 3 rings (SSSR count). The predicted molar refractivity (Wildman–Crippen MR) is 97.8 cm³/mol. The zero-order chi connectivity index (χ0) is 17.7. The van der Waals surface area contributed by atoms with E-state index in [9.17, 15) is 4.79 Å². The standard InChI is InChI=1S/C19H23Cl2NO2/c1-12-7-14-10-22(17(23)24-18(2,3)4)11-19(14,9-12)13-5-6-15(20)16(21)8-13/h5-6,8,14H,1,7,9-11H2,2-4H3. The van der Waals surface area contributed by atoms with E-state index in [0.717, 1.165) is 18.4 Å². The van der Waals surface area contributed by atoms with Crippen molar-refractivity contribution in [3.63, 3.8) is 0 Å². The Hall–Kier alpha value is -1.19. The first-order valence-electron chi connectivity index (χ1n) is 8.21. The number of amides is 1. The van der Waals surface area contributed by atoms with Crippen molar-refractivity contribution in [2.45, 2.75) is 44.6 Å². The van der Waals surface area contributed by atoms with Gasteiger partial charge in [-0.05, 0) is 57.2 Å². The van der Waals surface area contributed by atoms with E-state index in [2.05, 4.69) is 6.58 Å². The lowest BCUT2D eigenvalue weighted by atomic mass is 9.74. The summed E-state index contributed by atoms with van der Waals surface area (Å²) in [4.78, 5) is 14.3. The molecule has 5 heteroatoms. The molecule has 3 nitrogen and oxygen atoms in total. The van der Waals surface area contributed by atoms with Gasteiger partial charge < -0.3 is 9.64 Å². The summed E-state index contributed by atoms with van der Waals surface area (Å²) in [5.74, 6) is 0.342. The van der Waals surface area contributed by atoms with Gasteiger partial charge in [-0.1, -0.05) is 41.4 Å². The number of rotatable bonds is 1. The van der Waals surface area contributed by atoms with Crippen molar-refractivity contribution < 1.29 is 9.53 Å². The monoisotopic (exact) mass is 367 g/mol. The summed E-state index contributed by atoms with van der Waals surface area (Å²) >= 11 is 12.3. The summed E-state index contributed by atoms with van der Waals surface area (Å²) < 4.78 is 5.55. The average molecular weight is 368 g/mol. The van der Waals surface area contributed by atoms with Crippen LogP contribution in [-0.2, 0) is 10.2 Å². The zero-order valence-electron chi connectivity index (χ0n) is 14.4. The molecule has 1 aliphatic heterocycles. The number of ether oxygens (including phenoxy) is 1. The van der Waals surface area contributed by atoms with Crippen molar-refractivity contribution in [1.29, 1.82) is 0 Å². The van der Waals surface area contributed by atoms with E-state index in [1.807, 2.05) is 43.9 Å². The minimum atomic E-state index is -0.491. The topological polar surface area (TPSA) is 29.5 Å². The highest BCUT2D eigenvalue weighted by atomic mass is 35.5. The SMILES string of the molecule is C=C1CC2CN(C(=O)OC(C)(C)C)CC2(c2ccc(Cl)c(Cl)c2)C1. The number of hydrogen-bond acceptors (Lipinski definition) is 2. The van der Waals surface area contributed by atoms with Crippen molar-refractivity contribution in [1.82, 2.24) is 4.90 Å². The van der Waals surface area contributed by atoms with Gasteiger partial charge in [-0.3, -0.25) is 0 Å². The maximum Gasteiger partial charge on any atom is 0.410 e. The first kappa shape index (κ1) is 17.6. The normalized spacial score (nSPS) is 26.6. The first-order valence-corrected chi connectivity index (χ1v) is 8.96. The Morgan fingerprint density at radius 3 is 2.67 bits per heavy atom. The van der Waals surface area contributed by atoms with E-state index in [-0.39, 0.29) is 11.5 Å². The molecule has 0 radical (unpaired) electrons. The fourth-order valence-electron chi connectivity index (χ4n) is 4.00. The van der Waals surface area contributed by atoms with Crippen LogP contribution < -0.4 is 0 Å². The van der Waals surface area contributed by atoms with Crippen molar-refractivity contribution in [3.8, 4) is 0 Å². The molecular formula is C19H23Cl2NO2. The van der Waals surface area contributed by atoms with Gasteiger partial charge in [-0.15, -0.1) is 0 Å². The number of likely N-dealkylation sites (tertiary alicyclic amines) is 1. The quantitative estimate of drug-likeness (QED) is 0.617. The van der Waals surface area contributed by atoms with Crippen LogP contribution in [0.25, 0.3) is 0 Å². The Morgan fingerprint density at radius 1 is 1.33 bits per heavy atom. The molecule has 1 saturated heterocycles. The lowest BCUT2D eigenvalue weighted by Crippen LogP contribution is -2.38. The molecule has 1 aromatic carbocycles. The van der Waals surface area contributed by atoms with Crippen molar-refractivity contribution in [2.75, 3.05) is 13.1 Å². The smallest absolute Gasteiger partial charge is 0.410 e. The number of carbonyl (C=O) groups excluding carboxylic acids is 1. The Kier molecular flexibility index (Phi) is 4.38. The number of allylic oxidation sites excluding steroid dienone is 1. The Bertz CT molecular complexity index is 695. The van der Waals surface area contributed by atoms with Crippen LogP contribution in [0.5, 0.6) is 0 Å². The minimum Gasteiger partial charge on any atom is -0.444 e. The van der Waals surface area contributed by atoms with Gasteiger partial charge in [0, 0.05) is 18.5 Å². The number of benzene rings is 1. The third-order valence-corrected chi connectivity index (χ3v) is 5.68. The largest absolute Gasteiger partial charge is 0.444 e. The van der Waals surface area contributed by atoms with Gasteiger partial charge in [0.1, 0.15) is 5.60 Å². The van der Waals surface area contributed by atoms with Crippen LogP contribution >= 0.6 is 23.2 Å². The lowest BCUT2D eigenvalue weighted by Gasteiger charge is -2.30. The second kappa shape index (κ2) is 5.96. The third kappa shape index (κ3) is 3.16. The van der Waals surface area contributed by atoms with Gasteiger partial charge in [-0.25, -0.2) is 4.79 Å². The number of halogens is 2. The Balaban J connectivity index is 1.91. The number of hydrogen-bond donors (Lipinski definition) is 0. The molecule has 1 saturated carbocycles. The van der Waals surface area contributed by atoms with Crippen molar-refractivity contribution in [2.24, 2.45) is 5.92 Å². The second-order valence-corrected chi connectivity index (χ2v) is 8.79. The van der Waals surface area contributed by atoms with Gasteiger partial charge in [0.05, 0.1) is 10.0 Å². The summed E-state index contributed by atoms with van der Waals surface area (Å²) in [7, 11) is 0. The van der Waals surface area contributed by atoms with E-state index in [4.69, 9.17) is 27.9 Å². The second-order valence-electron chi connectivity index (χ2n) is 7.97. The molecule has 0 bridgehead atoms. The van der Waals surface area contributed by atoms with Gasteiger partial charge in [0.25, 0.3) is 0 Å². The molecule has 2 aliphatic rings. The number of nitrogens with zero attached hydrogens (tertiary/aromatic N) is 1. The highest BCUT2D eigenvalue weighted by Crippen LogP contribution is 2.53. The van der Waals surface area contributed by atoms with E-state index >= 15 is 0 Å². The first-order chi connectivity index (χ1) is 11.1. The van der Waals surface area contributed by atoms with Crippen molar-refractivity contribution in [3.05, 3.63) is 46.0 Å². The predicted octanol–water partition coefficient (Wildman–Crippen LogP) is 5.45. The van der Waals surface area contributed by atoms with Crippen LogP contribution in [0.2, 0.25) is 10.0 Å². The molecule has 0 N–H and O–H groups in total. The fraction of sp³-hybridized carbons (Fsp3) is 0.526. The molecule has 0 aromatic heterocycles. The van der Waals surface area contributed by atoms with E-state index < -0.39 is 5.60 Å². The molecule has 130 valence electrons. The summed E-state index contributed by atoms with van der Waals surface area (Å²) in [6, 6.07) is 5.80. The molecule has 0 spiro atoms.